The molecule has 5 nitrogen and oxygen atoms in total. The maximum absolute atomic E-state index is 12.3. The number of hydrogen-bond donors (Lipinski definition) is 1. The molecule has 0 fully saturated rings. The Bertz CT molecular complexity index is 641. The second-order valence-corrected chi connectivity index (χ2v) is 5.63. The molecule has 0 saturated carbocycles. The van der Waals surface area contributed by atoms with Crippen LogP contribution in [0.4, 0.5) is 5.82 Å². The molecule has 0 spiro atoms. The molecule has 0 unspecified atom stereocenters. The average molecular weight is 264 g/mol. The Hall–Kier alpha value is -2.08. The highest BCUT2D eigenvalue weighted by atomic mass is 32.2. The molecule has 0 amide bonds. The maximum Gasteiger partial charge on any atom is 0.265 e. The number of rotatable bonds is 3. The number of anilines is 1. The van der Waals surface area contributed by atoms with Crippen LogP contribution in [0, 0.1) is 0 Å². The van der Waals surface area contributed by atoms with Gasteiger partial charge in [0.05, 0.1) is 4.90 Å². The first-order chi connectivity index (χ1) is 8.51. The summed E-state index contributed by atoms with van der Waals surface area (Å²) in [5, 5.41) is 9.33. The smallest absolute Gasteiger partial charge is 0.265 e. The van der Waals surface area contributed by atoms with Crippen molar-refractivity contribution in [2.45, 2.75) is 4.90 Å². The summed E-state index contributed by atoms with van der Waals surface area (Å²) >= 11 is 0. The SMILES string of the molecule is CN(c1ccccn1)S(=O)(=O)c1cccc(O)c1. The third-order valence-electron chi connectivity index (χ3n) is 2.45. The van der Waals surface area contributed by atoms with Crippen LogP contribution in [0.5, 0.6) is 5.75 Å². The van der Waals surface area contributed by atoms with Crippen LogP contribution in [-0.2, 0) is 10.0 Å². The van der Waals surface area contributed by atoms with Crippen molar-refractivity contribution in [3.63, 3.8) is 0 Å². The van der Waals surface area contributed by atoms with Gasteiger partial charge in [-0.25, -0.2) is 13.4 Å². The molecule has 0 bridgehead atoms. The highest BCUT2D eigenvalue weighted by Crippen LogP contribution is 2.22. The summed E-state index contributed by atoms with van der Waals surface area (Å²) in [6.45, 7) is 0. The molecular weight excluding hydrogens is 252 g/mol. The summed E-state index contributed by atoms with van der Waals surface area (Å²) in [5.74, 6) is 0.228. The zero-order chi connectivity index (χ0) is 13.2. The number of nitrogens with zero attached hydrogens (tertiary/aromatic N) is 2. The second kappa shape index (κ2) is 4.66. The van der Waals surface area contributed by atoms with Crippen LogP contribution in [0.25, 0.3) is 0 Å². The predicted molar refractivity (Wildman–Crippen MR) is 67.9 cm³/mol. The van der Waals surface area contributed by atoms with Gasteiger partial charge in [0.15, 0.2) is 0 Å². The average Bonchev–Trinajstić information content (AvgIpc) is 2.39. The van der Waals surface area contributed by atoms with Gasteiger partial charge < -0.3 is 5.11 Å². The van der Waals surface area contributed by atoms with Gasteiger partial charge in [-0.15, -0.1) is 0 Å². The van der Waals surface area contributed by atoms with Crippen LogP contribution in [0.3, 0.4) is 0 Å². The van der Waals surface area contributed by atoms with E-state index in [4.69, 9.17) is 0 Å². The lowest BCUT2D eigenvalue weighted by Gasteiger charge is -2.18. The van der Waals surface area contributed by atoms with E-state index in [1.54, 1.807) is 18.2 Å². The van der Waals surface area contributed by atoms with Gasteiger partial charge in [0.25, 0.3) is 10.0 Å². The first-order valence-electron chi connectivity index (χ1n) is 5.21. The van der Waals surface area contributed by atoms with Gasteiger partial charge in [-0.2, -0.15) is 0 Å². The Labute approximate surface area is 105 Å². The Morgan fingerprint density at radius 1 is 1.17 bits per heavy atom. The lowest BCUT2D eigenvalue weighted by molar-refractivity contribution is 0.473. The topological polar surface area (TPSA) is 70.5 Å². The molecule has 1 heterocycles. The summed E-state index contributed by atoms with van der Waals surface area (Å²) in [5.41, 5.74) is 0. The molecule has 2 rings (SSSR count). The third-order valence-corrected chi connectivity index (χ3v) is 4.21. The van der Waals surface area contributed by atoms with E-state index in [0.29, 0.717) is 5.82 Å². The van der Waals surface area contributed by atoms with Crippen molar-refractivity contribution in [2.75, 3.05) is 11.4 Å². The van der Waals surface area contributed by atoms with Crippen molar-refractivity contribution in [1.29, 1.82) is 0 Å². The molecule has 94 valence electrons. The van der Waals surface area contributed by atoms with Crippen LogP contribution >= 0.6 is 0 Å². The van der Waals surface area contributed by atoms with Gasteiger partial charge in [0, 0.05) is 19.3 Å². The monoisotopic (exact) mass is 264 g/mol. The Morgan fingerprint density at radius 2 is 1.94 bits per heavy atom. The number of aromatic nitrogens is 1. The zero-order valence-electron chi connectivity index (χ0n) is 9.69. The highest BCUT2D eigenvalue weighted by Gasteiger charge is 2.22. The first-order valence-corrected chi connectivity index (χ1v) is 6.65. The quantitative estimate of drug-likeness (QED) is 0.914. The van der Waals surface area contributed by atoms with Gasteiger partial charge >= 0.3 is 0 Å². The van der Waals surface area contributed by atoms with Crippen molar-refractivity contribution in [3.8, 4) is 5.75 Å². The Balaban J connectivity index is 2.44. The van der Waals surface area contributed by atoms with Crippen LogP contribution in [0.1, 0.15) is 0 Å². The zero-order valence-corrected chi connectivity index (χ0v) is 10.5. The minimum Gasteiger partial charge on any atom is -0.508 e. The van der Waals surface area contributed by atoms with E-state index in [0.717, 1.165) is 4.31 Å². The van der Waals surface area contributed by atoms with E-state index in [1.807, 2.05) is 0 Å². The molecule has 0 saturated heterocycles. The van der Waals surface area contributed by atoms with E-state index in [-0.39, 0.29) is 10.6 Å². The molecule has 0 aliphatic rings. The minimum atomic E-state index is -3.70. The van der Waals surface area contributed by atoms with Crippen molar-refractivity contribution >= 4 is 15.8 Å². The molecule has 1 aromatic heterocycles. The summed E-state index contributed by atoms with van der Waals surface area (Å²) in [6, 6.07) is 10.5. The van der Waals surface area contributed by atoms with Gasteiger partial charge in [0.2, 0.25) is 0 Å². The van der Waals surface area contributed by atoms with Crippen LogP contribution < -0.4 is 4.31 Å². The van der Waals surface area contributed by atoms with Gasteiger partial charge in [-0.3, -0.25) is 4.31 Å². The van der Waals surface area contributed by atoms with Crippen LogP contribution in [0.2, 0.25) is 0 Å². The number of phenolic OH excluding ortho intramolecular Hbond substituents is 1. The van der Waals surface area contributed by atoms with E-state index in [2.05, 4.69) is 4.98 Å². The van der Waals surface area contributed by atoms with Crippen molar-refractivity contribution in [3.05, 3.63) is 48.7 Å². The molecule has 6 heteroatoms. The van der Waals surface area contributed by atoms with E-state index < -0.39 is 10.0 Å². The van der Waals surface area contributed by atoms with Crippen LogP contribution in [-0.4, -0.2) is 25.6 Å². The molecule has 1 aromatic carbocycles. The summed E-state index contributed by atoms with van der Waals surface area (Å²) < 4.78 is 25.6. The Kier molecular flexibility index (Phi) is 3.20. The normalized spacial score (nSPS) is 11.2. The van der Waals surface area contributed by atoms with Gasteiger partial charge in [-0.1, -0.05) is 12.1 Å². The molecule has 0 radical (unpaired) electrons. The van der Waals surface area contributed by atoms with Crippen molar-refractivity contribution in [1.82, 2.24) is 4.98 Å². The van der Waals surface area contributed by atoms with E-state index in [1.165, 1.54) is 37.5 Å². The van der Waals surface area contributed by atoms with Crippen molar-refractivity contribution in [2.24, 2.45) is 0 Å². The Morgan fingerprint density at radius 3 is 2.56 bits per heavy atom. The predicted octanol–water partition coefficient (Wildman–Crippen LogP) is 1.61. The lowest BCUT2D eigenvalue weighted by atomic mass is 10.3. The molecule has 0 aliphatic carbocycles. The van der Waals surface area contributed by atoms with Gasteiger partial charge in [0.1, 0.15) is 11.6 Å². The molecule has 2 aromatic rings. The molecule has 0 aliphatic heterocycles. The van der Waals surface area contributed by atoms with Crippen molar-refractivity contribution < 1.29 is 13.5 Å². The number of hydrogen-bond acceptors (Lipinski definition) is 4. The number of benzene rings is 1. The molecular formula is C12H12N2O3S. The minimum absolute atomic E-state index is 0.0238. The number of pyridine rings is 1. The highest BCUT2D eigenvalue weighted by molar-refractivity contribution is 7.92. The largest absolute Gasteiger partial charge is 0.508 e. The summed E-state index contributed by atoms with van der Waals surface area (Å²) in [4.78, 5) is 4.00. The number of sulfonamides is 1. The number of phenols is 1. The first kappa shape index (κ1) is 12.4. The van der Waals surface area contributed by atoms with E-state index in [9.17, 15) is 13.5 Å². The fraction of sp³-hybridized carbons (Fsp3) is 0.0833. The fourth-order valence-electron chi connectivity index (χ4n) is 1.47. The second-order valence-electron chi connectivity index (χ2n) is 3.66. The lowest BCUT2D eigenvalue weighted by Crippen LogP contribution is -2.27. The summed E-state index contributed by atoms with van der Waals surface area (Å²) in [6.07, 6.45) is 1.52. The molecule has 1 N–H and O–H groups in total. The summed E-state index contributed by atoms with van der Waals surface area (Å²) in [7, 11) is -2.29. The maximum atomic E-state index is 12.3. The van der Waals surface area contributed by atoms with Gasteiger partial charge in [-0.05, 0) is 24.3 Å². The van der Waals surface area contributed by atoms with E-state index >= 15 is 0 Å². The molecule has 18 heavy (non-hydrogen) atoms. The third kappa shape index (κ3) is 2.28. The fourth-order valence-corrected chi connectivity index (χ4v) is 2.66. The molecule has 0 atom stereocenters. The standard InChI is InChI=1S/C12H12N2O3S/c1-14(12-7-2-3-8-13-12)18(16,17)11-6-4-5-10(15)9-11/h2-9,15H,1H3. The number of aromatic hydroxyl groups is 1. The van der Waals surface area contributed by atoms with Crippen LogP contribution in [0.15, 0.2) is 53.6 Å².